The van der Waals surface area contributed by atoms with Gasteiger partial charge in [-0.1, -0.05) is 31.9 Å². The van der Waals surface area contributed by atoms with Gasteiger partial charge >= 0.3 is 6.18 Å². The van der Waals surface area contributed by atoms with Crippen molar-refractivity contribution >= 4 is 17.3 Å². The summed E-state index contributed by atoms with van der Waals surface area (Å²) >= 11 is -1.68. The molecule has 2 aromatic rings. The predicted molar refractivity (Wildman–Crippen MR) is 108 cm³/mol. The molecule has 5 nitrogen and oxygen atoms in total. The van der Waals surface area contributed by atoms with Crippen molar-refractivity contribution in [1.29, 1.82) is 0 Å². The maximum atomic E-state index is 13.4. The minimum Gasteiger partial charge on any atom is -0.593 e. The molecular formula is C21H24F3N3O2S. The first-order valence-corrected chi connectivity index (χ1v) is 10.9. The number of amides is 1. The Balaban J connectivity index is 1.87. The number of alkyl halides is 3. The Labute approximate surface area is 176 Å². The zero-order valence-electron chi connectivity index (χ0n) is 16.6. The van der Waals surface area contributed by atoms with Gasteiger partial charge in [0.15, 0.2) is 4.90 Å². The summed E-state index contributed by atoms with van der Waals surface area (Å²) in [5.74, 6) is -0.228. The SMILES string of the molecule is CC1CCCCC1N(Cc1ccc(C(N)=O)cc1)[S+]([O-])c1ccc(C(F)(F)F)nc1. The van der Waals surface area contributed by atoms with Gasteiger partial charge in [0.25, 0.3) is 0 Å². The van der Waals surface area contributed by atoms with Crippen molar-refractivity contribution in [2.75, 3.05) is 0 Å². The number of nitrogens with zero attached hydrogens (tertiary/aromatic N) is 2. The fourth-order valence-electron chi connectivity index (χ4n) is 3.76. The van der Waals surface area contributed by atoms with Gasteiger partial charge in [-0.25, -0.2) is 4.98 Å². The van der Waals surface area contributed by atoms with Crippen LogP contribution in [0.15, 0.2) is 47.5 Å². The minimum atomic E-state index is -4.54. The maximum absolute atomic E-state index is 13.4. The number of halogens is 3. The molecule has 1 saturated carbocycles. The molecule has 1 aliphatic carbocycles. The van der Waals surface area contributed by atoms with E-state index in [2.05, 4.69) is 11.9 Å². The second-order valence-corrected chi connectivity index (χ2v) is 9.03. The van der Waals surface area contributed by atoms with Crippen LogP contribution in [0, 0.1) is 5.92 Å². The summed E-state index contributed by atoms with van der Waals surface area (Å²) in [6.07, 6.45) is 0.474. The van der Waals surface area contributed by atoms with E-state index in [1.807, 2.05) is 4.31 Å². The lowest BCUT2D eigenvalue weighted by atomic mass is 9.86. The molecule has 1 heterocycles. The summed E-state index contributed by atoms with van der Waals surface area (Å²) in [4.78, 5) is 15.0. The van der Waals surface area contributed by atoms with E-state index in [0.29, 0.717) is 18.0 Å². The molecule has 2 N–H and O–H groups in total. The highest BCUT2D eigenvalue weighted by Gasteiger charge is 2.37. The van der Waals surface area contributed by atoms with Crippen molar-refractivity contribution in [3.63, 3.8) is 0 Å². The van der Waals surface area contributed by atoms with Crippen LogP contribution in [0.25, 0.3) is 0 Å². The van der Waals surface area contributed by atoms with Crippen LogP contribution >= 0.6 is 0 Å². The molecule has 3 rings (SSSR count). The van der Waals surface area contributed by atoms with Gasteiger partial charge in [-0.05, 0) is 48.6 Å². The summed E-state index contributed by atoms with van der Waals surface area (Å²) < 4.78 is 53.6. The van der Waals surface area contributed by atoms with E-state index in [1.54, 1.807) is 24.3 Å². The van der Waals surface area contributed by atoms with Crippen LogP contribution in [0.3, 0.4) is 0 Å². The Morgan fingerprint density at radius 1 is 1.20 bits per heavy atom. The molecule has 3 unspecified atom stereocenters. The number of primary amides is 1. The zero-order chi connectivity index (χ0) is 21.9. The summed E-state index contributed by atoms with van der Waals surface area (Å²) in [5.41, 5.74) is 5.49. The third-order valence-corrected chi connectivity index (χ3v) is 6.93. The van der Waals surface area contributed by atoms with E-state index < -0.39 is 29.1 Å². The molecule has 0 radical (unpaired) electrons. The van der Waals surface area contributed by atoms with Crippen LogP contribution in [0.5, 0.6) is 0 Å². The second-order valence-electron chi connectivity index (χ2n) is 7.59. The number of pyridine rings is 1. The first-order valence-electron chi connectivity index (χ1n) is 9.77. The number of rotatable bonds is 6. The van der Waals surface area contributed by atoms with Crippen molar-refractivity contribution < 1.29 is 22.5 Å². The van der Waals surface area contributed by atoms with Gasteiger partial charge in [-0.3, -0.25) is 4.79 Å². The Bertz CT molecular complexity index is 859. The molecule has 1 amide bonds. The number of hydrogen-bond donors (Lipinski definition) is 1. The topological polar surface area (TPSA) is 82.3 Å². The third-order valence-electron chi connectivity index (χ3n) is 5.45. The number of benzene rings is 1. The molecule has 1 fully saturated rings. The molecule has 1 aliphatic rings. The second kappa shape index (κ2) is 9.36. The van der Waals surface area contributed by atoms with Gasteiger partial charge < -0.3 is 10.3 Å². The Hall–Kier alpha value is -2.10. The fraction of sp³-hybridized carbons (Fsp3) is 0.429. The highest BCUT2D eigenvalue weighted by molar-refractivity contribution is 7.89. The molecular weight excluding hydrogens is 415 g/mol. The van der Waals surface area contributed by atoms with Gasteiger partial charge in [0, 0.05) is 5.56 Å². The molecule has 1 aromatic carbocycles. The van der Waals surface area contributed by atoms with Crippen molar-refractivity contribution in [1.82, 2.24) is 9.29 Å². The molecule has 0 aliphatic heterocycles. The molecule has 30 heavy (non-hydrogen) atoms. The number of aromatic nitrogens is 1. The van der Waals surface area contributed by atoms with E-state index >= 15 is 0 Å². The highest BCUT2D eigenvalue weighted by Crippen LogP contribution is 2.34. The summed E-state index contributed by atoms with van der Waals surface area (Å²) in [5, 5.41) is 0. The zero-order valence-corrected chi connectivity index (χ0v) is 17.4. The van der Waals surface area contributed by atoms with E-state index in [1.165, 1.54) is 6.07 Å². The van der Waals surface area contributed by atoms with Gasteiger partial charge in [-0.2, -0.15) is 13.2 Å². The largest absolute Gasteiger partial charge is 0.593 e. The number of hydrogen-bond acceptors (Lipinski definition) is 4. The quantitative estimate of drug-likeness (QED) is 0.681. The van der Waals surface area contributed by atoms with Gasteiger partial charge in [-0.15, -0.1) is 4.31 Å². The number of nitrogens with two attached hydrogens (primary N) is 1. The summed E-state index contributed by atoms with van der Waals surface area (Å²) in [6.45, 7) is 2.44. The van der Waals surface area contributed by atoms with E-state index in [0.717, 1.165) is 43.5 Å². The van der Waals surface area contributed by atoms with Crippen molar-refractivity contribution in [3.8, 4) is 0 Å². The standard InChI is InChI=1S/C21H24F3N3O2S/c1-14-4-2-3-5-18(14)27(13-15-6-8-16(9-7-15)20(25)28)30(29)17-10-11-19(26-12-17)21(22,23)24/h6-12,14,18H,2-5,13H2,1H3,(H2,25,28). The monoisotopic (exact) mass is 439 g/mol. The first kappa shape index (κ1) is 22.6. The molecule has 1 aromatic heterocycles. The summed E-state index contributed by atoms with van der Waals surface area (Å²) in [6, 6.07) is 8.84. The molecule has 162 valence electrons. The van der Waals surface area contributed by atoms with Crippen LogP contribution in [-0.2, 0) is 24.1 Å². The Morgan fingerprint density at radius 3 is 2.40 bits per heavy atom. The van der Waals surface area contributed by atoms with Crippen LogP contribution in [0.1, 0.15) is 54.2 Å². The lowest BCUT2D eigenvalue weighted by Crippen LogP contribution is -2.44. The maximum Gasteiger partial charge on any atom is 0.433 e. The van der Waals surface area contributed by atoms with Gasteiger partial charge in [0.2, 0.25) is 5.91 Å². The minimum absolute atomic E-state index is 0.0256. The lowest BCUT2D eigenvalue weighted by molar-refractivity contribution is -0.141. The Morgan fingerprint density at radius 2 is 1.87 bits per heavy atom. The molecule has 0 spiro atoms. The first-order chi connectivity index (χ1) is 14.2. The molecule has 3 atom stereocenters. The van der Waals surface area contributed by atoms with E-state index in [-0.39, 0.29) is 10.9 Å². The fourth-order valence-corrected chi connectivity index (χ4v) is 5.19. The normalized spacial score (nSPS) is 20.9. The molecule has 9 heteroatoms. The van der Waals surface area contributed by atoms with Crippen molar-refractivity contribution in [2.24, 2.45) is 11.7 Å². The van der Waals surface area contributed by atoms with E-state index in [9.17, 15) is 22.5 Å². The van der Waals surface area contributed by atoms with Crippen LogP contribution in [0.4, 0.5) is 13.2 Å². The average Bonchev–Trinajstić information content (AvgIpc) is 2.72. The van der Waals surface area contributed by atoms with Crippen LogP contribution < -0.4 is 5.73 Å². The smallest absolute Gasteiger partial charge is 0.433 e. The predicted octanol–water partition coefficient (Wildman–Crippen LogP) is 4.30. The van der Waals surface area contributed by atoms with Crippen LogP contribution in [-0.4, -0.2) is 25.8 Å². The van der Waals surface area contributed by atoms with Crippen molar-refractivity contribution in [2.45, 2.75) is 56.3 Å². The van der Waals surface area contributed by atoms with Gasteiger partial charge in [0.05, 0.1) is 30.1 Å². The number of carbonyl (C=O) groups excluding carboxylic acids is 1. The summed E-state index contributed by atoms with van der Waals surface area (Å²) in [7, 11) is 0. The molecule has 0 bridgehead atoms. The molecule has 0 saturated heterocycles. The van der Waals surface area contributed by atoms with E-state index in [4.69, 9.17) is 5.73 Å². The van der Waals surface area contributed by atoms with Crippen LogP contribution in [0.2, 0.25) is 0 Å². The Kier molecular flexibility index (Phi) is 7.05. The van der Waals surface area contributed by atoms with Gasteiger partial charge in [0.1, 0.15) is 5.69 Å². The van der Waals surface area contributed by atoms with Crippen molar-refractivity contribution in [3.05, 3.63) is 59.4 Å². The number of carbonyl (C=O) groups is 1. The average molecular weight is 440 g/mol. The third kappa shape index (κ3) is 5.33. The highest BCUT2D eigenvalue weighted by atomic mass is 32.2. The lowest BCUT2D eigenvalue weighted by Gasteiger charge is -2.37.